The van der Waals surface area contributed by atoms with Crippen molar-refractivity contribution in [2.24, 2.45) is 0 Å². The summed E-state index contributed by atoms with van der Waals surface area (Å²) < 4.78 is 1.28. The van der Waals surface area contributed by atoms with Gasteiger partial charge in [-0.2, -0.15) is 5.10 Å². The molecule has 3 aromatic rings. The zero-order valence-corrected chi connectivity index (χ0v) is 14.2. The number of hydrogen-bond donors (Lipinski definition) is 3. The van der Waals surface area contributed by atoms with Crippen LogP contribution in [0.4, 0.5) is 5.69 Å². The number of aromatic carboxylic acids is 2. The summed E-state index contributed by atoms with van der Waals surface area (Å²) in [5, 5.41) is 25.6. The fourth-order valence-electron chi connectivity index (χ4n) is 2.71. The average molecular weight is 365 g/mol. The molecule has 0 fully saturated rings. The van der Waals surface area contributed by atoms with E-state index >= 15 is 0 Å². The quantitative estimate of drug-likeness (QED) is 0.639. The molecule has 0 aliphatic rings. The van der Waals surface area contributed by atoms with E-state index in [9.17, 15) is 24.6 Å². The van der Waals surface area contributed by atoms with Crippen LogP contribution in [0, 0.1) is 0 Å². The van der Waals surface area contributed by atoms with Crippen molar-refractivity contribution >= 4 is 23.5 Å². The zero-order valence-electron chi connectivity index (χ0n) is 14.2. The molecule has 1 amide bonds. The molecule has 3 N–H and O–H groups in total. The van der Waals surface area contributed by atoms with Crippen LogP contribution in [0.25, 0.3) is 16.9 Å². The maximum Gasteiger partial charge on any atom is 0.357 e. The van der Waals surface area contributed by atoms with Crippen LogP contribution in [0.3, 0.4) is 0 Å². The highest BCUT2D eigenvalue weighted by Crippen LogP contribution is 2.30. The van der Waals surface area contributed by atoms with Crippen LogP contribution in [-0.2, 0) is 4.79 Å². The second-order valence-electron chi connectivity index (χ2n) is 5.69. The molecule has 8 nitrogen and oxygen atoms in total. The summed E-state index contributed by atoms with van der Waals surface area (Å²) in [6.07, 6.45) is 0. The Morgan fingerprint density at radius 3 is 2.07 bits per heavy atom. The molecule has 136 valence electrons. The predicted octanol–water partition coefficient (Wildman–Crippen LogP) is 2.89. The molecule has 1 heterocycles. The van der Waals surface area contributed by atoms with Crippen LogP contribution in [0.15, 0.2) is 54.6 Å². The standard InChI is InChI=1S/C19H15N3O5/c1-11(23)20-13-7-9-14(10-8-13)22-17(12-5-3-2-4-6-12)15(18(24)25)16(21-22)19(26)27/h2-10H,1H3,(H,20,23)(H,24,25)(H,26,27). The molecule has 0 spiro atoms. The van der Waals surface area contributed by atoms with Gasteiger partial charge in [-0.3, -0.25) is 4.79 Å². The fourth-order valence-corrected chi connectivity index (χ4v) is 2.71. The largest absolute Gasteiger partial charge is 0.478 e. The Kier molecular flexibility index (Phi) is 4.71. The number of amides is 1. The molecule has 27 heavy (non-hydrogen) atoms. The monoisotopic (exact) mass is 365 g/mol. The molecule has 0 atom stereocenters. The summed E-state index contributed by atoms with van der Waals surface area (Å²) in [5.41, 5.74) is 0.745. The van der Waals surface area contributed by atoms with Crippen molar-refractivity contribution in [3.05, 3.63) is 65.9 Å². The Morgan fingerprint density at radius 1 is 0.926 bits per heavy atom. The third-order valence-electron chi connectivity index (χ3n) is 3.78. The van der Waals surface area contributed by atoms with Crippen LogP contribution < -0.4 is 5.32 Å². The first kappa shape index (κ1) is 17.9. The first-order valence-electron chi connectivity index (χ1n) is 7.91. The van der Waals surface area contributed by atoms with Crippen LogP contribution in [-0.4, -0.2) is 37.8 Å². The van der Waals surface area contributed by atoms with Crippen LogP contribution >= 0.6 is 0 Å². The second kappa shape index (κ2) is 7.12. The highest BCUT2D eigenvalue weighted by molar-refractivity contribution is 6.05. The van der Waals surface area contributed by atoms with Gasteiger partial charge in [0.05, 0.1) is 11.4 Å². The molecule has 0 radical (unpaired) electrons. The van der Waals surface area contributed by atoms with E-state index in [-0.39, 0.29) is 17.2 Å². The smallest absolute Gasteiger partial charge is 0.357 e. The van der Waals surface area contributed by atoms with Crippen LogP contribution in [0.2, 0.25) is 0 Å². The summed E-state index contributed by atoms with van der Waals surface area (Å²) in [5.74, 6) is -3.04. The summed E-state index contributed by atoms with van der Waals surface area (Å²) in [6, 6.07) is 15.0. The van der Waals surface area contributed by atoms with Crippen LogP contribution in [0.1, 0.15) is 27.8 Å². The van der Waals surface area contributed by atoms with Gasteiger partial charge in [-0.1, -0.05) is 30.3 Å². The average Bonchev–Trinajstić information content (AvgIpc) is 3.04. The van der Waals surface area contributed by atoms with Gasteiger partial charge >= 0.3 is 11.9 Å². The summed E-state index contributed by atoms with van der Waals surface area (Å²) >= 11 is 0. The minimum Gasteiger partial charge on any atom is -0.478 e. The van der Waals surface area contributed by atoms with Crippen molar-refractivity contribution < 1.29 is 24.6 Å². The summed E-state index contributed by atoms with van der Waals surface area (Å²) in [4.78, 5) is 34.5. The summed E-state index contributed by atoms with van der Waals surface area (Å²) in [7, 11) is 0. The van der Waals surface area contributed by atoms with E-state index in [1.54, 1.807) is 54.6 Å². The van der Waals surface area contributed by atoms with E-state index in [4.69, 9.17) is 0 Å². The lowest BCUT2D eigenvalue weighted by molar-refractivity contribution is -0.114. The highest BCUT2D eigenvalue weighted by Gasteiger charge is 2.29. The van der Waals surface area contributed by atoms with Gasteiger partial charge in [0.25, 0.3) is 0 Å². The third kappa shape index (κ3) is 3.54. The van der Waals surface area contributed by atoms with E-state index in [1.807, 2.05) is 0 Å². The SMILES string of the molecule is CC(=O)Nc1ccc(-n2nc(C(=O)O)c(C(=O)O)c2-c2ccccc2)cc1. The molecule has 3 rings (SSSR count). The van der Waals surface area contributed by atoms with E-state index in [0.29, 0.717) is 16.9 Å². The lowest BCUT2D eigenvalue weighted by Crippen LogP contribution is -2.07. The number of anilines is 1. The molecule has 0 aliphatic carbocycles. The second-order valence-corrected chi connectivity index (χ2v) is 5.69. The topological polar surface area (TPSA) is 122 Å². The number of nitrogens with one attached hydrogen (secondary N) is 1. The Labute approximate surface area is 153 Å². The van der Waals surface area contributed by atoms with Crippen molar-refractivity contribution in [1.29, 1.82) is 0 Å². The molecule has 0 saturated carbocycles. The molecular weight excluding hydrogens is 350 g/mol. The molecule has 8 heteroatoms. The number of carboxylic acids is 2. The van der Waals surface area contributed by atoms with E-state index in [0.717, 1.165) is 0 Å². The van der Waals surface area contributed by atoms with Gasteiger partial charge in [0.15, 0.2) is 5.69 Å². The van der Waals surface area contributed by atoms with Crippen molar-refractivity contribution in [1.82, 2.24) is 9.78 Å². The number of rotatable bonds is 5. The number of aromatic nitrogens is 2. The molecule has 0 saturated heterocycles. The highest BCUT2D eigenvalue weighted by atomic mass is 16.4. The van der Waals surface area contributed by atoms with Gasteiger partial charge in [-0.15, -0.1) is 0 Å². The number of benzene rings is 2. The van der Waals surface area contributed by atoms with Gasteiger partial charge in [-0.25, -0.2) is 14.3 Å². The van der Waals surface area contributed by atoms with Gasteiger partial charge < -0.3 is 15.5 Å². The van der Waals surface area contributed by atoms with Gasteiger partial charge in [0, 0.05) is 18.2 Å². The van der Waals surface area contributed by atoms with E-state index in [2.05, 4.69) is 10.4 Å². The minimum atomic E-state index is -1.43. The molecular formula is C19H15N3O5. The van der Waals surface area contributed by atoms with Crippen molar-refractivity contribution in [2.75, 3.05) is 5.32 Å². The molecule has 0 bridgehead atoms. The van der Waals surface area contributed by atoms with E-state index < -0.39 is 17.6 Å². The molecule has 1 aromatic heterocycles. The minimum absolute atomic E-state index is 0.160. The van der Waals surface area contributed by atoms with Crippen molar-refractivity contribution in [2.45, 2.75) is 6.92 Å². The maximum absolute atomic E-state index is 11.8. The van der Waals surface area contributed by atoms with Gasteiger partial charge in [0.1, 0.15) is 5.56 Å². The molecule has 0 aliphatic heterocycles. The van der Waals surface area contributed by atoms with Gasteiger partial charge in [0.2, 0.25) is 5.91 Å². The number of hydrogen-bond acceptors (Lipinski definition) is 4. The van der Waals surface area contributed by atoms with Gasteiger partial charge in [-0.05, 0) is 24.3 Å². The van der Waals surface area contributed by atoms with Crippen LogP contribution in [0.5, 0.6) is 0 Å². The molecule has 2 aromatic carbocycles. The Balaban J connectivity index is 2.23. The number of carbonyl (C=O) groups is 3. The predicted molar refractivity (Wildman–Crippen MR) is 97.2 cm³/mol. The first-order valence-corrected chi connectivity index (χ1v) is 7.91. The fraction of sp³-hybridized carbons (Fsp3) is 0.0526. The Bertz CT molecular complexity index is 1020. The normalized spacial score (nSPS) is 10.4. The number of carboxylic acid groups (broad SMARTS) is 2. The lowest BCUT2D eigenvalue weighted by atomic mass is 10.1. The summed E-state index contributed by atoms with van der Waals surface area (Å²) in [6.45, 7) is 1.38. The Hall–Kier alpha value is -3.94. The number of carbonyl (C=O) groups excluding carboxylic acids is 1. The van der Waals surface area contributed by atoms with Crippen molar-refractivity contribution in [3.63, 3.8) is 0 Å². The first-order chi connectivity index (χ1) is 12.9. The Morgan fingerprint density at radius 2 is 1.56 bits per heavy atom. The third-order valence-corrected chi connectivity index (χ3v) is 3.78. The van der Waals surface area contributed by atoms with Crippen molar-refractivity contribution in [3.8, 4) is 16.9 Å². The lowest BCUT2D eigenvalue weighted by Gasteiger charge is -2.10. The number of nitrogens with zero attached hydrogens (tertiary/aromatic N) is 2. The zero-order chi connectivity index (χ0) is 19.6. The van der Waals surface area contributed by atoms with E-state index in [1.165, 1.54) is 11.6 Å². The molecule has 0 unspecified atom stereocenters. The maximum atomic E-state index is 11.8.